The maximum atomic E-state index is 12.4. The molecule has 3 rings (SSSR count). The molecule has 1 saturated heterocycles. The number of urea groups is 1. The first-order chi connectivity index (χ1) is 13.1. The van der Waals surface area contributed by atoms with Gasteiger partial charge in [0.2, 0.25) is 0 Å². The summed E-state index contributed by atoms with van der Waals surface area (Å²) in [6, 6.07) is 3.97. The van der Waals surface area contributed by atoms with Crippen LogP contribution in [0, 0.1) is 0 Å². The summed E-state index contributed by atoms with van der Waals surface area (Å²) in [5.41, 5.74) is 5.73. The Balaban J connectivity index is 1.44. The van der Waals surface area contributed by atoms with Crippen molar-refractivity contribution in [3.63, 3.8) is 0 Å². The molecule has 1 fully saturated rings. The predicted octanol–water partition coefficient (Wildman–Crippen LogP) is 0.951. The summed E-state index contributed by atoms with van der Waals surface area (Å²) >= 11 is 0. The van der Waals surface area contributed by atoms with Crippen LogP contribution in [-0.2, 0) is 13.1 Å². The van der Waals surface area contributed by atoms with Gasteiger partial charge in [0.05, 0.1) is 13.1 Å². The third-order valence-corrected chi connectivity index (χ3v) is 4.90. The van der Waals surface area contributed by atoms with E-state index in [9.17, 15) is 4.79 Å². The van der Waals surface area contributed by atoms with Crippen molar-refractivity contribution >= 4 is 11.8 Å². The summed E-state index contributed by atoms with van der Waals surface area (Å²) in [5, 5.41) is 7.13. The molecule has 0 bridgehead atoms. The molecule has 0 radical (unpaired) electrons. The second kappa shape index (κ2) is 9.31. The smallest absolute Gasteiger partial charge is 0.317 e. The number of carbonyl (C=O) groups is 1. The van der Waals surface area contributed by atoms with Gasteiger partial charge in [-0.05, 0) is 38.4 Å². The van der Waals surface area contributed by atoms with E-state index in [1.165, 1.54) is 0 Å². The van der Waals surface area contributed by atoms with Crippen molar-refractivity contribution in [1.82, 2.24) is 34.9 Å². The van der Waals surface area contributed by atoms with E-state index in [2.05, 4.69) is 32.3 Å². The Hall–Kier alpha value is -2.68. The molecule has 1 atom stereocenters. The van der Waals surface area contributed by atoms with E-state index in [-0.39, 0.29) is 6.03 Å². The van der Waals surface area contributed by atoms with Crippen LogP contribution >= 0.6 is 0 Å². The highest BCUT2D eigenvalue weighted by atomic mass is 16.2. The summed E-state index contributed by atoms with van der Waals surface area (Å²) < 4.78 is 1.81. The Labute approximate surface area is 159 Å². The summed E-state index contributed by atoms with van der Waals surface area (Å²) in [5.74, 6) is 1.22. The number of amides is 2. The topological polar surface area (TPSA) is 105 Å². The first kappa shape index (κ1) is 19.1. The van der Waals surface area contributed by atoms with E-state index < -0.39 is 0 Å². The molecule has 1 aliphatic heterocycles. The number of hydrogen-bond donors (Lipinski definition) is 2. The third kappa shape index (κ3) is 5.65. The van der Waals surface area contributed by atoms with Crippen molar-refractivity contribution in [3.05, 3.63) is 36.5 Å². The van der Waals surface area contributed by atoms with Gasteiger partial charge in [0.25, 0.3) is 0 Å². The number of nitrogen functional groups attached to an aromatic ring is 1. The number of nitrogens with two attached hydrogens (primary N) is 1. The van der Waals surface area contributed by atoms with Crippen molar-refractivity contribution in [1.29, 1.82) is 0 Å². The Morgan fingerprint density at radius 2 is 2.26 bits per heavy atom. The fraction of sp³-hybridized carbons (Fsp3) is 0.556. The molecule has 0 unspecified atom stereocenters. The van der Waals surface area contributed by atoms with Crippen LogP contribution in [0.1, 0.15) is 25.1 Å². The highest BCUT2D eigenvalue weighted by molar-refractivity contribution is 5.74. The van der Waals surface area contributed by atoms with Gasteiger partial charge >= 0.3 is 6.03 Å². The number of anilines is 1. The quantitative estimate of drug-likeness (QED) is 0.782. The molecule has 0 saturated carbocycles. The number of aromatic nitrogens is 4. The molecular weight excluding hydrogens is 344 g/mol. The Morgan fingerprint density at radius 3 is 3.04 bits per heavy atom. The number of carbonyl (C=O) groups excluding carboxylic acids is 1. The fourth-order valence-corrected chi connectivity index (χ4v) is 3.39. The van der Waals surface area contributed by atoms with Crippen molar-refractivity contribution in [2.24, 2.45) is 0 Å². The molecule has 146 valence electrons. The SMILES string of the molecule is CN(Cc1nccc(N)n1)[C@H]1CCCN(C(=O)NCCn2cccn2)CC1. The van der Waals surface area contributed by atoms with Crippen molar-refractivity contribution < 1.29 is 4.79 Å². The van der Waals surface area contributed by atoms with Crippen LogP contribution in [0.25, 0.3) is 0 Å². The number of nitrogens with zero attached hydrogens (tertiary/aromatic N) is 6. The van der Waals surface area contributed by atoms with Gasteiger partial charge in [-0.15, -0.1) is 0 Å². The van der Waals surface area contributed by atoms with Gasteiger partial charge < -0.3 is 16.0 Å². The average molecular weight is 372 g/mol. The van der Waals surface area contributed by atoms with Gasteiger partial charge in [-0.25, -0.2) is 14.8 Å². The zero-order chi connectivity index (χ0) is 19.1. The van der Waals surface area contributed by atoms with Crippen LogP contribution in [0.3, 0.4) is 0 Å². The van der Waals surface area contributed by atoms with Gasteiger partial charge in [0.1, 0.15) is 11.6 Å². The lowest BCUT2D eigenvalue weighted by molar-refractivity contribution is 0.190. The molecular formula is C18H28N8O. The summed E-state index contributed by atoms with van der Waals surface area (Å²) in [7, 11) is 2.08. The number of rotatable bonds is 6. The van der Waals surface area contributed by atoms with Crippen molar-refractivity contribution in [2.75, 3.05) is 32.4 Å². The van der Waals surface area contributed by atoms with E-state index in [0.29, 0.717) is 31.5 Å². The summed E-state index contributed by atoms with van der Waals surface area (Å²) in [4.78, 5) is 25.1. The molecule has 27 heavy (non-hydrogen) atoms. The van der Waals surface area contributed by atoms with E-state index in [4.69, 9.17) is 5.73 Å². The minimum Gasteiger partial charge on any atom is -0.384 e. The normalized spacial score (nSPS) is 17.7. The van der Waals surface area contributed by atoms with E-state index in [1.54, 1.807) is 18.5 Å². The molecule has 9 heteroatoms. The van der Waals surface area contributed by atoms with Crippen LogP contribution in [0.4, 0.5) is 10.6 Å². The molecule has 0 aromatic carbocycles. The molecule has 9 nitrogen and oxygen atoms in total. The molecule has 0 spiro atoms. The fourth-order valence-electron chi connectivity index (χ4n) is 3.39. The minimum absolute atomic E-state index is 0.00428. The molecule has 2 aromatic heterocycles. The number of hydrogen-bond acceptors (Lipinski definition) is 6. The Kier molecular flexibility index (Phi) is 6.59. The molecule has 2 aromatic rings. The van der Waals surface area contributed by atoms with Crippen LogP contribution < -0.4 is 11.1 Å². The second-order valence-corrected chi connectivity index (χ2v) is 6.89. The minimum atomic E-state index is 0.00428. The van der Waals surface area contributed by atoms with Gasteiger partial charge in [-0.1, -0.05) is 0 Å². The van der Waals surface area contributed by atoms with Crippen LogP contribution in [-0.4, -0.2) is 68.3 Å². The van der Waals surface area contributed by atoms with Crippen molar-refractivity contribution in [2.45, 2.75) is 38.4 Å². The second-order valence-electron chi connectivity index (χ2n) is 6.89. The lowest BCUT2D eigenvalue weighted by Gasteiger charge is -2.26. The largest absolute Gasteiger partial charge is 0.384 e. The number of nitrogens with one attached hydrogen (secondary N) is 1. The maximum absolute atomic E-state index is 12.4. The van der Waals surface area contributed by atoms with E-state index in [0.717, 1.165) is 38.2 Å². The highest BCUT2D eigenvalue weighted by Gasteiger charge is 2.23. The Morgan fingerprint density at radius 1 is 1.37 bits per heavy atom. The molecule has 2 amide bonds. The van der Waals surface area contributed by atoms with Gasteiger partial charge in [0.15, 0.2) is 0 Å². The molecule has 0 aliphatic carbocycles. The van der Waals surface area contributed by atoms with E-state index >= 15 is 0 Å². The lowest BCUT2D eigenvalue weighted by atomic mass is 10.1. The van der Waals surface area contributed by atoms with E-state index in [1.807, 2.05) is 21.8 Å². The van der Waals surface area contributed by atoms with Gasteiger partial charge in [-0.3, -0.25) is 9.58 Å². The molecule has 3 N–H and O–H groups in total. The zero-order valence-electron chi connectivity index (χ0n) is 15.8. The standard InChI is InChI=1S/C18H28N8O/c1-24(14-17-20-8-5-16(19)23-17)15-4-2-10-25(12-6-15)18(27)21-9-13-26-11-3-7-22-26/h3,5,7-8,11,15H,2,4,6,9-10,12-14H2,1H3,(H,21,27)(H2,19,20,23)/t15-/m0/s1. The van der Waals surface area contributed by atoms with Crippen molar-refractivity contribution in [3.8, 4) is 0 Å². The Bertz CT molecular complexity index is 720. The zero-order valence-corrected chi connectivity index (χ0v) is 15.8. The van der Waals surface area contributed by atoms with Gasteiger partial charge in [-0.2, -0.15) is 5.10 Å². The maximum Gasteiger partial charge on any atom is 0.317 e. The van der Waals surface area contributed by atoms with Gasteiger partial charge in [0, 0.05) is 44.3 Å². The molecule has 3 heterocycles. The number of likely N-dealkylation sites (tertiary alicyclic amines) is 1. The summed E-state index contributed by atoms with van der Waals surface area (Å²) in [6.07, 6.45) is 8.29. The average Bonchev–Trinajstić information content (AvgIpc) is 3.03. The van der Waals surface area contributed by atoms with Crippen LogP contribution in [0.2, 0.25) is 0 Å². The first-order valence-electron chi connectivity index (χ1n) is 9.39. The van der Waals surface area contributed by atoms with Crippen LogP contribution in [0.5, 0.6) is 0 Å². The first-order valence-corrected chi connectivity index (χ1v) is 9.39. The third-order valence-electron chi connectivity index (χ3n) is 4.90. The predicted molar refractivity (Wildman–Crippen MR) is 103 cm³/mol. The lowest BCUT2D eigenvalue weighted by Crippen LogP contribution is -2.42. The van der Waals surface area contributed by atoms with Crippen LogP contribution in [0.15, 0.2) is 30.7 Å². The monoisotopic (exact) mass is 372 g/mol. The molecule has 1 aliphatic rings. The summed E-state index contributed by atoms with van der Waals surface area (Å²) in [6.45, 7) is 3.45. The highest BCUT2D eigenvalue weighted by Crippen LogP contribution is 2.17.